The molecular formula is C12H12Cl2N4O. The van der Waals surface area contributed by atoms with Gasteiger partial charge in [0.1, 0.15) is 11.5 Å². The minimum atomic E-state index is 0. The molecule has 100 valence electrons. The molecule has 0 bridgehead atoms. The Labute approximate surface area is 122 Å². The summed E-state index contributed by atoms with van der Waals surface area (Å²) in [6.07, 6.45) is 1.63. The highest BCUT2D eigenvalue weighted by atomic mass is 35.5. The second-order valence-corrected chi connectivity index (χ2v) is 3.55. The van der Waals surface area contributed by atoms with E-state index in [0.29, 0.717) is 17.4 Å². The van der Waals surface area contributed by atoms with Crippen LogP contribution in [0.2, 0.25) is 0 Å². The number of hydrazine groups is 1. The van der Waals surface area contributed by atoms with Gasteiger partial charge in [0.25, 0.3) is 0 Å². The summed E-state index contributed by atoms with van der Waals surface area (Å²) in [6, 6.07) is 11.5. The number of hydrogen-bond donors (Lipinski definition) is 2. The van der Waals surface area contributed by atoms with Crippen LogP contribution in [0.1, 0.15) is 0 Å². The van der Waals surface area contributed by atoms with Crippen LogP contribution in [0.4, 0.5) is 5.95 Å². The summed E-state index contributed by atoms with van der Waals surface area (Å²) in [4.78, 5) is 8.16. The number of nitrogens with two attached hydrogens (primary N) is 1. The Balaban J connectivity index is 0.000000902. The summed E-state index contributed by atoms with van der Waals surface area (Å²) >= 11 is 0. The molecule has 7 heteroatoms. The van der Waals surface area contributed by atoms with Gasteiger partial charge in [0.05, 0.1) is 0 Å². The molecule has 0 atom stereocenters. The van der Waals surface area contributed by atoms with E-state index in [9.17, 15) is 0 Å². The average molecular weight is 299 g/mol. The number of fused-ring (bicyclic) bond motifs is 1. The third kappa shape index (κ3) is 2.96. The molecular weight excluding hydrogens is 287 g/mol. The summed E-state index contributed by atoms with van der Waals surface area (Å²) in [6.45, 7) is 0. The Morgan fingerprint density at radius 2 is 1.84 bits per heavy atom. The SMILES string of the molecule is Cl.Cl.NNc1nccc(-c2ccc3cccc-3o2)n1. The van der Waals surface area contributed by atoms with Crippen molar-refractivity contribution in [3.8, 4) is 22.8 Å². The zero-order valence-electron chi connectivity index (χ0n) is 9.74. The monoisotopic (exact) mass is 298 g/mol. The Morgan fingerprint density at radius 3 is 2.63 bits per heavy atom. The van der Waals surface area contributed by atoms with Crippen LogP contribution < -0.4 is 11.3 Å². The molecule has 1 aliphatic heterocycles. The van der Waals surface area contributed by atoms with Crippen LogP contribution in [0.5, 0.6) is 0 Å². The molecule has 0 unspecified atom stereocenters. The molecule has 1 aliphatic carbocycles. The van der Waals surface area contributed by atoms with E-state index >= 15 is 0 Å². The number of nitrogens with one attached hydrogen (secondary N) is 1. The third-order valence-electron chi connectivity index (χ3n) is 2.48. The molecule has 0 fully saturated rings. The predicted molar refractivity (Wildman–Crippen MR) is 78.7 cm³/mol. The van der Waals surface area contributed by atoms with Crippen molar-refractivity contribution >= 4 is 30.8 Å². The molecule has 0 aromatic carbocycles. The van der Waals surface area contributed by atoms with Crippen molar-refractivity contribution in [3.63, 3.8) is 0 Å². The van der Waals surface area contributed by atoms with Crippen molar-refractivity contribution in [2.45, 2.75) is 0 Å². The van der Waals surface area contributed by atoms with Crippen molar-refractivity contribution in [1.82, 2.24) is 9.97 Å². The van der Waals surface area contributed by atoms with E-state index in [-0.39, 0.29) is 24.8 Å². The van der Waals surface area contributed by atoms with E-state index in [2.05, 4.69) is 15.4 Å². The van der Waals surface area contributed by atoms with E-state index in [0.717, 1.165) is 11.3 Å². The van der Waals surface area contributed by atoms with E-state index < -0.39 is 0 Å². The number of nitrogens with zero attached hydrogens (tertiary/aromatic N) is 2. The lowest BCUT2D eigenvalue weighted by atomic mass is 10.2. The van der Waals surface area contributed by atoms with Crippen LogP contribution >= 0.6 is 24.8 Å². The molecule has 0 saturated heterocycles. The first kappa shape index (κ1) is 15.2. The van der Waals surface area contributed by atoms with Gasteiger partial charge in [-0.15, -0.1) is 24.8 Å². The molecule has 19 heavy (non-hydrogen) atoms. The maximum atomic E-state index is 5.73. The maximum Gasteiger partial charge on any atom is 0.237 e. The maximum absolute atomic E-state index is 5.73. The zero-order chi connectivity index (χ0) is 11.7. The summed E-state index contributed by atoms with van der Waals surface area (Å²) < 4.78 is 5.73. The predicted octanol–water partition coefficient (Wildman–Crippen LogP) is 2.97. The van der Waals surface area contributed by atoms with Crippen LogP contribution in [0.25, 0.3) is 22.8 Å². The normalized spacial score (nSPS) is 9.53. The van der Waals surface area contributed by atoms with Crippen LogP contribution in [0.15, 0.2) is 47.0 Å². The highest BCUT2D eigenvalue weighted by molar-refractivity contribution is 5.85. The topological polar surface area (TPSA) is 77.0 Å². The van der Waals surface area contributed by atoms with Gasteiger partial charge in [-0.25, -0.2) is 15.8 Å². The first-order valence-corrected chi connectivity index (χ1v) is 5.15. The highest BCUT2D eigenvalue weighted by Crippen LogP contribution is 2.28. The van der Waals surface area contributed by atoms with Crippen LogP contribution in [-0.4, -0.2) is 9.97 Å². The van der Waals surface area contributed by atoms with Gasteiger partial charge in [0.15, 0.2) is 5.76 Å². The first-order chi connectivity index (χ1) is 8.36. The van der Waals surface area contributed by atoms with E-state index in [1.165, 1.54) is 0 Å². The van der Waals surface area contributed by atoms with E-state index in [4.69, 9.17) is 10.3 Å². The zero-order valence-corrected chi connectivity index (χ0v) is 11.4. The molecule has 0 spiro atoms. The number of nitrogen functional groups attached to an aromatic ring is 1. The second-order valence-electron chi connectivity index (χ2n) is 3.55. The molecule has 5 nitrogen and oxygen atoms in total. The number of halogens is 2. The Bertz CT molecular complexity index is 629. The van der Waals surface area contributed by atoms with E-state index in [1.54, 1.807) is 12.3 Å². The lowest BCUT2D eigenvalue weighted by Gasteiger charge is -2.04. The fourth-order valence-corrected chi connectivity index (χ4v) is 1.67. The molecule has 3 rings (SSSR count). The Hall–Kier alpha value is -1.82. The van der Waals surface area contributed by atoms with Crippen molar-refractivity contribution in [2.75, 3.05) is 5.43 Å². The Kier molecular flexibility index (Phi) is 5.11. The number of anilines is 1. The van der Waals surface area contributed by atoms with Crippen LogP contribution in [0, 0.1) is 0 Å². The number of rotatable bonds is 2. The molecule has 2 heterocycles. The fraction of sp³-hybridized carbons (Fsp3) is 0. The number of aromatic nitrogens is 2. The van der Waals surface area contributed by atoms with Gasteiger partial charge >= 0.3 is 0 Å². The standard InChI is InChI=1S/C12H10N4O.2ClH/c13-16-12-14-7-6-9(15-12)11-5-4-8-2-1-3-10(8)17-11;;/h1-7H,13H2,(H,14,15,16);2*1H. The van der Waals surface area contributed by atoms with Crippen molar-refractivity contribution in [1.29, 1.82) is 0 Å². The molecule has 3 N–H and O–H groups in total. The Morgan fingerprint density at radius 1 is 1.00 bits per heavy atom. The van der Waals surface area contributed by atoms with Crippen molar-refractivity contribution < 1.29 is 4.42 Å². The molecule has 1 aromatic rings. The van der Waals surface area contributed by atoms with Crippen LogP contribution in [0.3, 0.4) is 0 Å². The first-order valence-electron chi connectivity index (χ1n) is 5.15. The van der Waals surface area contributed by atoms with Gasteiger partial charge in [-0.05, 0) is 24.3 Å². The minimum absolute atomic E-state index is 0. The highest BCUT2D eigenvalue weighted by Gasteiger charge is 2.08. The molecule has 0 amide bonds. The largest absolute Gasteiger partial charge is 0.454 e. The average Bonchev–Trinajstić information content (AvgIpc) is 2.86. The van der Waals surface area contributed by atoms with Crippen molar-refractivity contribution in [2.24, 2.45) is 5.84 Å². The summed E-state index contributed by atoms with van der Waals surface area (Å²) in [7, 11) is 0. The van der Waals surface area contributed by atoms with E-state index in [1.807, 2.05) is 30.3 Å². The fourth-order valence-electron chi connectivity index (χ4n) is 1.67. The summed E-state index contributed by atoms with van der Waals surface area (Å²) in [5.41, 5.74) is 4.17. The van der Waals surface area contributed by atoms with Gasteiger partial charge in [-0.2, -0.15) is 0 Å². The van der Waals surface area contributed by atoms with Gasteiger partial charge in [-0.1, -0.05) is 12.1 Å². The molecule has 0 radical (unpaired) electrons. The van der Waals surface area contributed by atoms with Crippen LogP contribution in [-0.2, 0) is 0 Å². The quantitative estimate of drug-likeness (QED) is 0.562. The smallest absolute Gasteiger partial charge is 0.237 e. The van der Waals surface area contributed by atoms with Gasteiger partial charge in [0, 0.05) is 11.8 Å². The molecule has 1 aromatic heterocycles. The lowest BCUT2D eigenvalue weighted by Crippen LogP contribution is -2.10. The summed E-state index contributed by atoms with van der Waals surface area (Å²) in [5, 5.41) is 0. The van der Waals surface area contributed by atoms with Gasteiger partial charge < -0.3 is 4.42 Å². The summed E-state index contributed by atoms with van der Waals surface area (Å²) in [5.74, 6) is 7.15. The second kappa shape index (κ2) is 6.38. The number of hydrogen-bond acceptors (Lipinski definition) is 5. The minimum Gasteiger partial charge on any atom is -0.454 e. The van der Waals surface area contributed by atoms with Crippen molar-refractivity contribution in [3.05, 3.63) is 42.6 Å². The third-order valence-corrected chi connectivity index (χ3v) is 2.48. The lowest BCUT2D eigenvalue weighted by molar-refractivity contribution is 0.580. The molecule has 0 saturated carbocycles. The van der Waals surface area contributed by atoms with Gasteiger partial charge in [0.2, 0.25) is 5.95 Å². The van der Waals surface area contributed by atoms with Gasteiger partial charge in [-0.3, -0.25) is 5.43 Å². The molecule has 2 aliphatic rings.